The molecule has 0 fully saturated rings. The van der Waals surface area contributed by atoms with E-state index in [2.05, 4.69) is 17.2 Å². The van der Waals surface area contributed by atoms with Gasteiger partial charge in [0.2, 0.25) is 0 Å². The van der Waals surface area contributed by atoms with Gasteiger partial charge in [0.15, 0.2) is 0 Å². The van der Waals surface area contributed by atoms with Gasteiger partial charge in [0.25, 0.3) is 11.8 Å². The van der Waals surface area contributed by atoms with E-state index in [0.29, 0.717) is 48.2 Å². The van der Waals surface area contributed by atoms with Crippen LogP contribution in [0, 0.1) is 0 Å². The van der Waals surface area contributed by atoms with E-state index >= 15 is 0 Å². The van der Waals surface area contributed by atoms with E-state index in [9.17, 15) is 14.7 Å². The molecule has 0 saturated heterocycles. The first-order valence-electron chi connectivity index (χ1n) is 13.5. The first-order chi connectivity index (χ1) is 19.1. The van der Waals surface area contributed by atoms with Crippen molar-refractivity contribution in [3.05, 3.63) is 126 Å². The highest BCUT2D eigenvalue weighted by molar-refractivity contribution is 6.06. The maximum Gasteiger partial charge on any atom is 0.254 e. The van der Waals surface area contributed by atoms with Crippen molar-refractivity contribution in [3.8, 4) is 11.1 Å². The van der Waals surface area contributed by atoms with Crippen LogP contribution in [-0.4, -0.2) is 46.5 Å². The second-order valence-electron chi connectivity index (χ2n) is 9.40. The van der Waals surface area contributed by atoms with E-state index in [1.165, 1.54) is 0 Å². The van der Waals surface area contributed by atoms with Gasteiger partial charge >= 0.3 is 0 Å². The molecule has 0 aliphatic carbocycles. The number of aliphatic hydroxyl groups is 1. The summed E-state index contributed by atoms with van der Waals surface area (Å²) in [6.07, 6.45) is 3.66. The number of nitrogens with one attached hydrogen (secondary N) is 1. The van der Waals surface area contributed by atoms with Crippen LogP contribution in [0.5, 0.6) is 0 Å². The fraction of sp³-hybridized carbons (Fsp3) is 0.242. The zero-order chi connectivity index (χ0) is 27.5. The molecule has 4 aromatic rings. The Balaban J connectivity index is 1.62. The maximum atomic E-state index is 13.9. The highest BCUT2D eigenvalue weighted by Gasteiger charge is 2.23. The molecule has 0 aliphatic heterocycles. The second kappa shape index (κ2) is 14.0. The third-order valence-corrected chi connectivity index (χ3v) is 6.69. The summed E-state index contributed by atoms with van der Waals surface area (Å²) in [7, 11) is 0. The van der Waals surface area contributed by atoms with Crippen LogP contribution in [0.15, 0.2) is 103 Å². The standard InChI is InChI=1S/C33H35N3O3/c1-2-22-36(23-19-26-14-10-11-21-34-26)33(39)30-18-9-7-16-28(30)27-15-6-8-17-29(27)32(38)35-31(20-24-37)25-12-4-3-5-13-25/h3-18,21,31,37H,2,19-20,22-24H2,1H3,(H,35,38). The molecule has 1 atom stereocenters. The average molecular weight is 522 g/mol. The van der Waals surface area contributed by atoms with Crippen molar-refractivity contribution in [1.29, 1.82) is 0 Å². The SMILES string of the molecule is CCCN(CCc1ccccn1)C(=O)c1ccccc1-c1ccccc1C(=O)NC(CCO)c1ccccc1. The molecule has 2 N–H and O–H groups in total. The molecule has 4 rings (SSSR count). The van der Waals surface area contributed by atoms with Gasteiger partial charge in [0, 0.05) is 49.1 Å². The van der Waals surface area contributed by atoms with Crippen LogP contribution in [-0.2, 0) is 6.42 Å². The molecular formula is C33H35N3O3. The summed E-state index contributed by atoms with van der Waals surface area (Å²) in [4.78, 5) is 33.7. The Hall–Kier alpha value is -4.29. The number of hydrogen-bond acceptors (Lipinski definition) is 4. The first-order valence-corrected chi connectivity index (χ1v) is 13.5. The molecule has 2 amide bonds. The van der Waals surface area contributed by atoms with E-state index in [1.807, 2.05) is 95.9 Å². The van der Waals surface area contributed by atoms with Crippen molar-refractivity contribution in [2.24, 2.45) is 0 Å². The van der Waals surface area contributed by atoms with E-state index in [0.717, 1.165) is 17.7 Å². The number of hydrogen-bond donors (Lipinski definition) is 2. The molecular weight excluding hydrogens is 486 g/mol. The second-order valence-corrected chi connectivity index (χ2v) is 9.40. The molecule has 1 aromatic heterocycles. The molecule has 39 heavy (non-hydrogen) atoms. The Morgan fingerprint density at radius 1 is 0.821 bits per heavy atom. The van der Waals surface area contributed by atoms with E-state index in [1.54, 1.807) is 12.3 Å². The zero-order valence-corrected chi connectivity index (χ0v) is 22.3. The molecule has 3 aromatic carbocycles. The summed E-state index contributed by atoms with van der Waals surface area (Å²) >= 11 is 0. The summed E-state index contributed by atoms with van der Waals surface area (Å²) in [5.41, 5.74) is 4.31. The zero-order valence-electron chi connectivity index (χ0n) is 22.3. The minimum Gasteiger partial charge on any atom is -0.396 e. The number of aliphatic hydroxyl groups excluding tert-OH is 1. The topological polar surface area (TPSA) is 82.5 Å². The Bertz CT molecular complexity index is 1360. The minimum atomic E-state index is -0.333. The summed E-state index contributed by atoms with van der Waals surface area (Å²) in [5, 5.41) is 12.7. The fourth-order valence-electron chi connectivity index (χ4n) is 4.74. The van der Waals surface area contributed by atoms with Crippen LogP contribution in [0.2, 0.25) is 0 Å². The number of amides is 2. The summed E-state index contributed by atoms with van der Waals surface area (Å²) in [5.74, 6) is -0.322. The number of benzene rings is 3. The normalized spacial score (nSPS) is 11.5. The van der Waals surface area contributed by atoms with Crippen molar-refractivity contribution in [1.82, 2.24) is 15.2 Å². The predicted octanol–water partition coefficient (Wildman–Crippen LogP) is 5.70. The number of rotatable bonds is 12. The molecule has 1 heterocycles. The van der Waals surface area contributed by atoms with Gasteiger partial charge in [-0.1, -0.05) is 79.7 Å². The lowest BCUT2D eigenvalue weighted by atomic mass is 9.93. The van der Waals surface area contributed by atoms with Gasteiger partial charge in [-0.05, 0) is 53.8 Å². The van der Waals surface area contributed by atoms with Crippen LogP contribution in [0.25, 0.3) is 11.1 Å². The Kier molecular flexibility index (Phi) is 9.98. The Morgan fingerprint density at radius 3 is 2.13 bits per heavy atom. The van der Waals surface area contributed by atoms with Crippen LogP contribution < -0.4 is 5.32 Å². The van der Waals surface area contributed by atoms with Crippen molar-refractivity contribution in [2.45, 2.75) is 32.2 Å². The average Bonchev–Trinajstić information content (AvgIpc) is 2.99. The van der Waals surface area contributed by atoms with Crippen molar-refractivity contribution < 1.29 is 14.7 Å². The predicted molar refractivity (Wildman–Crippen MR) is 154 cm³/mol. The molecule has 1 unspecified atom stereocenters. The van der Waals surface area contributed by atoms with Gasteiger partial charge in [-0.25, -0.2) is 0 Å². The molecule has 0 bridgehead atoms. The number of pyridine rings is 1. The van der Waals surface area contributed by atoms with Crippen molar-refractivity contribution in [2.75, 3.05) is 19.7 Å². The summed E-state index contributed by atoms with van der Waals surface area (Å²) in [6.45, 7) is 3.19. The van der Waals surface area contributed by atoms with Gasteiger partial charge in [-0.3, -0.25) is 14.6 Å². The van der Waals surface area contributed by atoms with E-state index < -0.39 is 0 Å². The van der Waals surface area contributed by atoms with Crippen LogP contribution in [0.3, 0.4) is 0 Å². The first kappa shape index (κ1) is 27.7. The molecule has 200 valence electrons. The number of carbonyl (C=O) groups is 2. The van der Waals surface area contributed by atoms with Crippen LogP contribution in [0.4, 0.5) is 0 Å². The highest BCUT2D eigenvalue weighted by atomic mass is 16.3. The van der Waals surface area contributed by atoms with Crippen molar-refractivity contribution in [3.63, 3.8) is 0 Å². The van der Waals surface area contributed by atoms with Gasteiger partial charge in [0.05, 0.1) is 6.04 Å². The highest BCUT2D eigenvalue weighted by Crippen LogP contribution is 2.29. The molecule has 0 spiro atoms. The fourth-order valence-corrected chi connectivity index (χ4v) is 4.74. The largest absolute Gasteiger partial charge is 0.396 e. The quantitative estimate of drug-likeness (QED) is 0.251. The molecule has 6 nitrogen and oxygen atoms in total. The summed E-state index contributed by atoms with van der Waals surface area (Å²) in [6, 6.07) is 29.9. The monoisotopic (exact) mass is 521 g/mol. The maximum absolute atomic E-state index is 13.9. The number of carbonyl (C=O) groups excluding carboxylic acids is 2. The van der Waals surface area contributed by atoms with Crippen molar-refractivity contribution >= 4 is 11.8 Å². The molecule has 0 saturated carbocycles. The lowest BCUT2D eigenvalue weighted by Gasteiger charge is -2.24. The van der Waals surface area contributed by atoms with E-state index in [4.69, 9.17) is 0 Å². The number of aromatic nitrogens is 1. The smallest absolute Gasteiger partial charge is 0.254 e. The van der Waals surface area contributed by atoms with E-state index in [-0.39, 0.29) is 24.5 Å². The van der Waals surface area contributed by atoms with Gasteiger partial charge in [0.1, 0.15) is 0 Å². The molecule has 0 aliphatic rings. The molecule has 6 heteroatoms. The number of nitrogens with zero attached hydrogens (tertiary/aromatic N) is 2. The minimum absolute atomic E-state index is 0.0510. The Labute approximate surface area is 230 Å². The van der Waals surface area contributed by atoms with Crippen LogP contribution in [0.1, 0.15) is 57.8 Å². The van der Waals surface area contributed by atoms with Crippen LogP contribution >= 0.6 is 0 Å². The molecule has 0 radical (unpaired) electrons. The summed E-state index contributed by atoms with van der Waals surface area (Å²) < 4.78 is 0. The van der Waals surface area contributed by atoms with Gasteiger partial charge in [-0.15, -0.1) is 0 Å². The van der Waals surface area contributed by atoms with Gasteiger partial charge < -0.3 is 15.3 Å². The third-order valence-electron chi connectivity index (χ3n) is 6.69. The lowest BCUT2D eigenvalue weighted by Crippen LogP contribution is -2.34. The lowest BCUT2D eigenvalue weighted by molar-refractivity contribution is 0.0757. The Morgan fingerprint density at radius 2 is 1.46 bits per heavy atom. The van der Waals surface area contributed by atoms with Gasteiger partial charge in [-0.2, -0.15) is 0 Å². The third kappa shape index (κ3) is 7.18.